The molecule has 0 spiro atoms. The third-order valence-electron chi connectivity index (χ3n) is 3.81. The van der Waals surface area contributed by atoms with E-state index in [1.165, 1.54) is 35.5 Å². The van der Waals surface area contributed by atoms with Gasteiger partial charge in [0.15, 0.2) is 0 Å². The number of carboxylic acid groups (broad SMARTS) is 1. The predicted octanol–water partition coefficient (Wildman–Crippen LogP) is 3.39. The van der Waals surface area contributed by atoms with E-state index in [0.29, 0.717) is 0 Å². The van der Waals surface area contributed by atoms with Gasteiger partial charge in [0.2, 0.25) is 0 Å². The van der Waals surface area contributed by atoms with Crippen LogP contribution in [-0.2, 0) is 0 Å². The maximum Gasteiger partial charge on any atom is 0.337 e. The second kappa shape index (κ2) is 7.21. The molecule has 1 atom stereocenters. The number of benzene rings is 1. The van der Waals surface area contributed by atoms with Crippen molar-refractivity contribution in [1.29, 1.82) is 0 Å². The lowest BCUT2D eigenvalue weighted by molar-refractivity contribution is 0.0686. The molecule has 0 radical (unpaired) electrons. The first-order valence-corrected chi connectivity index (χ1v) is 7.52. The number of hydrogen-bond acceptors (Lipinski definition) is 3. The Labute approximate surface area is 139 Å². The number of carbonyl (C=O) groups excluding carboxylic acids is 1. The lowest BCUT2D eigenvalue weighted by atomic mass is 9.94. The van der Waals surface area contributed by atoms with E-state index in [0.717, 1.165) is 5.56 Å². The number of hydrogen-bond donors (Lipinski definition) is 1. The minimum atomic E-state index is -1.14. The number of halogens is 1. The lowest BCUT2D eigenvalue weighted by Gasteiger charge is -2.32. The molecule has 2 rings (SSSR count). The summed E-state index contributed by atoms with van der Waals surface area (Å²) in [6.07, 6.45) is 2.53. The van der Waals surface area contributed by atoms with Gasteiger partial charge in [-0.15, -0.1) is 0 Å². The van der Waals surface area contributed by atoms with E-state index < -0.39 is 5.97 Å². The third kappa shape index (κ3) is 3.76. The second-order valence-electron chi connectivity index (χ2n) is 5.92. The van der Waals surface area contributed by atoms with Crippen LogP contribution in [0.4, 0.5) is 4.39 Å². The number of pyridine rings is 1. The topological polar surface area (TPSA) is 70.5 Å². The zero-order chi connectivity index (χ0) is 17.9. The molecule has 0 saturated carbocycles. The summed E-state index contributed by atoms with van der Waals surface area (Å²) in [5.74, 6) is -1.74. The Morgan fingerprint density at radius 1 is 1.12 bits per heavy atom. The van der Waals surface area contributed by atoms with E-state index in [9.17, 15) is 14.0 Å². The minimum Gasteiger partial charge on any atom is -0.478 e. The van der Waals surface area contributed by atoms with Gasteiger partial charge in [-0.1, -0.05) is 26.0 Å². The Kier molecular flexibility index (Phi) is 5.28. The number of nitrogens with zero attached hydrogens (tertiary/aromatic N) is 2. The molecule has 6 heteroatoms. The molecule has 0 aliphatic carbocycles. The Bertz CT molecular complexity index is 744. The molecule has 1 aromatic carbocycles. The molecule has 1 unspecified atom stereocenters. The molecule has 1 N–H and O–H groups in total. The standard InChI is InChI=1S/C18H19FN2O3/c1-11(2)16(12-4-6-15(19)7-5-12)21(3)17(22)13-8-14(18(23)24)10-20-9-13/h4-11,16H,1-3H3,(H,23,24). The largest absolute Gasteiger partial charge is 0.478 e. The predicted molar refractivity (Wildman–Crippen MR) is 87.3 cm³/mol. The average Bonchev–Trinajstić information content (AvgIpc) is 2.55. The third-order valence-corrected chi connectivity index (χ3v) is 3.81. The normalized spacial score (nSPS) is 12.0. The van der Waals surface area contributed by atoms with E-state index >= 15 is 0 Å². The van der Waals surface area contributed by atoms with Crippen molar-refractivity contribution in [2.24, 2.45) is 5.92 Å². The van der Waals surface area contributed by atoms with Gasteiger partial charge >= 0.3 is 5.97 Å². The van der Waals surface area contributed by atoms with Crippen molar-refractivity contribution in [1.82, 2.24) is 9.88 Å². The van der Waals surface area contributed by atoms with Gasteiger partial charge in [-0.05, 0) is 29.7 Å². The first-order valence-electron chi connectivity index (χ1n) is 7.52. The van der Waals surface area contributed by atoms with Crippen LogP contribution in [0.25, 0.3) is 0 Å². The first-order chi connectivity index (χ1) is 11.3. The van der Waals surface area contributed by atoms with Crippen LogP contribution in [0.2, 0.25) is 0 Å². The summed E-state index contributed by atoms with van der Waals surface area (Å²) in [5, 5.41) is 9.03. The van der Waals surface area contributed by atoms with Gasteiger partial charge in [0.1, 0.15) is 5.82 Å². The molecule has 1 aromatic heterocycles. The van der Waals surface area contributed by atoms with Crippen molar-refractivity contribution >= 4 is 11.9 Å². The zero-order valence-corrected chi connectivity index (χ0v) is 13.7. The van der Waals surface area contributed by atoms with Crippen molar-refractivity contribution in [2.45, 2.75) is 19.9 Å². The van der Waals surface area contributed by atoms with Gasteiger partial charge in [0.05, 0.1) is 17.2 Å². The Morgan fingerprint density at radius 3 is 2.25 bits per heavy atom. The Morgan fingerprint density at radius 2 is 1.71 bits per heavy atom. The van der Waals surface area contributed by atoms with Gasteiger partial charge in [0, 0.05) is 19.4 Å². The molecule has 1 amide bonds. The highest BCUT2D eigenvalue weighted by atomic mass is 19.1. The summed E-state index contributed by atoms with van der Waals surface area (Å²) < 4.78 is 13.2. The molecule has 2 aromatic rings. The molecular weight excluding hydrogens is 311 g/mol. The molecule has 0 saturated heterocycles. The number of rotatable bonds is 5. The van der Waals surface area contributed by atoms with Gasteiger partial charge in [-0.25, -0.2) is 9.18 Å². The summed E-state index contributed by atoms with van der Waals surface area (Å²) in [7, 11) is 1.64. The molecule has 0 bridgehead atoms. The van der Waals surface area contributed by atoms with Crippen LogP contribution in [0, 0.1) is 11.7 Å². The fourth-order valence-electron chi connectivity index (χ4n) is 2.72. The van der Waals surface area contributed by atoms with Crippen molar-refractivity contribution in [3.05, 3.63) is 65.2 Å². The van der Waals surface area contributed by atoms with E-state index in [1.54, 1.807) is 19.2 Å². The maximum absolute atomic E-state index is 13.2. The number of carbonyl (C=O) groups is 2. The summed E-state index contributed by atoms with van der Waals surface area (Å²) in [6.45, 7) is 3.92. The summed E-state index contributed by atoms with van der Waals surface area (Å²) in [6, 6.07) is 7.04. The molecular formula is C18H19FN2O3. The molecule has 0 fully saturated rings. The van der Waals surface area contributed by atoms with Gasteiger partial charge in [0.25, 0.3) is 5.91 Å². The summed E-state index contributed by atoms with van der Waals surface area (Å²) in [5.41, 5.74) is 0.965. The zero-order valence-electron chi connectivity index (χ0n) is 13.7. The van der Waals surface area contributed by atoms with Gasteiger partial charge < -0.3 is 10.0 Å². The Hall–Kier alpha value is -2.76. The molecule has 0 aliphatic rings. The van der Waals surface area contributed by atoms with Crippen LogP contribution >= 0.6 is 0 Å². The van der Waals surface area contributed by atoms with Crippen LogP contribution in [0.3, 0.4) is 0 Å². The van der Waals surface area contributed by atoms with Crippen LogP contribution < -0.4 is 0 Å². The molecule has 126 valence electrons. The fraction of sp³-hybridized carbons (Fsp3) is 0.278. The van der Waals surface area contributed by atoms with Gasteiger partial charge in [-0.2, -0.15) is 0 Å². The average molecular weight is 330 g/mol. The van der Waals surface area contributed by atoms with Crippen LogP contribution in [0.15, 0.2) is 42.7 Å². The van der Waals surface area contributed by atoms with Crippen molar-refractivity contribution in [2.75, 3.05) is 7.05 Å². The Balaban J connectivity index is 2.34. The van der Waals surface area contributed by atoms with Crippen LogP contribution in [-0.4, -0.2) is 33.9 Å². The molecule has 24 heavy (non-hydrogen) atoms. The summed E-state index contributed by atoms with van der Waals surface area (Å²) in [4.78, 5) is 29.1. The first kappa shape index (κ1) is 17.6. The number of carboxylic acids is 1. The van der Waals surface area contributed by atoms with E-state index in [4.69, 9.17) is 5.11 Å². The van der Waals surface area contributed by atoms with Crippen molar-refractivity contribution in [3.8, 4) is 0 Å². The van der Waals surface area contributed by atoms with E-state index in [-0.39, 0.29) is 34.8 Å². The maximum atomic E-state index is 13.2. The molecule has 1 heterocycles. The van der Waals surface area contributed by atoms with Crippen molar-refractivity contribution < 1.29 is 19.1 Å². The minimum absolute atomic E-state index is 0.0443. The molecule has 0 aliphatic heterocycles. The number of amides is 1. The van der Waals surface area contributed by atoms with E-state index in [2.05, 4.69) is 4.98 Å². The lowest BCUT2D eigenvalue weighted by Crippen LogP contribution is -2.34. The highest BCUT2D eigenvalue weighted by Gasteiger charge is 2.26. The van der Waals surface area contributed by atoms with Crippen LogP contribution in [0.5, 0.6) is 0 Å². The smallest absolute Gasteiger partial charge is 0.337 e. The second-order valence-corrected chi connectivity index (χ2v) is 5.92. The fourth-order valence-corrected chi connectivity index (χ4v) is 2.72. The number of aromatic nitrogens is 1. The highest BCUT2D eigenvalue weighted by molar-refractivity contribution is 5.97. The SMILES string of the molecule is CC(C)C(c1ccc(F)cc1)N(C)C(=O)c1cncc(C(=O)O)c1. The molecule has 5 nitrogen and oxygen atoms in total. The van der Waals surface area contributed by atoms with Gasteiger partial charge in [-0.3, -0.25) is 9.78 Å². The highest BCUT2D eigenvalue weighted by Crippen LogP contribution is 2.29. The summed E-state index contributed by atoms with van der Waals surface area (Å²) >= 11 is 0. The number of aromatic carboxylic acids is 1. The van der Waals surface area contributed by atoms with Crippen molar-refractivity contribution in [3.63, 3.8) is 0 Å². The van der Waals surface area contributed by atoms with E-state index in [1.807, 2.05) is 13.8 Å². The quantitative estimate of drug-likeness (QED) is 0.912. The van der Waals surface area contributed by atoms with Crippen LogP contribution in [0.1, 0.15) is 46.2 Å². The monoisotopic (exact) mass is 330 g/mol.